The maximum atomic E-state index is 14.2. The molecule has 2 amide bonds. The summed E-state index contributed by atoms with van der Waals surface area (Å²) in [6, 6.07) is 18.4. The highest BCUT2D eigenvalue weighted by Gasteiger charge is 2.74. The lowest BCUT2D eigenvalue weighted by Gasteiger charge is -2.27. The third-order valence-electron chi connectivity index (χ3n) is 7.67. The van der Waals surface area contributed by atoms with Gasteiger partial charge in [-0.05, 0) is 23.8 Å². The second-order valence-electron chi connectivity index (χ2n) is 9.66. The summed E-state index contributed by atoms with van der Waals surface area (Å²) < 4.78 is 15.8. The molecule has 2 aliphatic heterocycles. The third-order valence-corrected chi connectivity index (χ3v) is 7.67. The first-order valence-electron chi connectivity index (χ1n) is 12.4. The van der Waals surface area contributed by atoms with Crippen LogP contribution in [0, 0.1) is 11.8 Å². The number of amides is 2. The van der Waals surface area contributed by atoms with E-state index < -0.39 is 58.9 Å². The molecule has 0 unspecified atom stereocenters. The molecule has 2 heterocycles. The number of ketones is 2. The first kappa shape index (κ1) is 25.3. The molecule has 1 aliphatic carbocycles. The Morgan fingerprint density at radius 1 is 0.750 bits per heavy atom. The Kier molecular flexibility index (Phi) is 5.74. The lowest BCUT2D eigenvalue weighted by atomic mass is 9.77. The molecule has 0 N–H and O–H groups in total. The van der Waals surface area contributed by atoms with Crippen molar-refractivity contribution in [3.63, 3.8) is 0 Å². The number of anilines is 1. The van der Waals surface area contributed by atoms with Gasteiger partial charge in [0.15, 0.2) is 0 Å². The van der Waals surface area contributed by atoms with Crippen molar-refractivity contribution in [3.8, 4) is 0 Å². The highest BCUT2D eigenvalue weighted by Crippen LogP contribution is 2.57. The van der Waals surface area contributed by atoms with Gasteiger partial charge in [-0.25, -0.2) is 14.5 Å². The van der Waals surface area contributed by atoms with Crippen LogP contribution in [0.5, 0.6) is 0 Å². The van der Waals surface area contributed by atoms with E-state index in [0.717, 1.165) is 19.1 Å². The zero-order chi connectivity index (χ0) is 28.3. The van der Waals surface area contributed by atoms with E-state index in [2.05, 4.69) is 0 Å². The molecule has 6 rings (SSSR count). The van der Waals surface area contributed by atoms with Crippen molar-refractivity contribution in [2.24, 2.45) is 11.8 Å². The molecule has 0 radical (unpaired) electrons. The van der Waals surface area contributed by atoms with E-state index in [4.69, 9.17) is 14.2 Å². The first-order chi connectivity index (χ1) is 19.2. The molecule has 0 aromatic heterocycles. The molecule has 2 fully saturated rings. The van der Waals surface area contributed by atoms with Gasteiger partial charge in [0.2, 0.25) is 29.0 Å². The second-order valence-corrected chi connectivity index (χ2v) is 9.66. The summed E-state index contributed by atoms with van der Waals surface area (Å²) in [4.78, 5) is 81.5. The largest absolute Gasteiger partial charge is 0.465 e. The predicted molar refractivity (Wildman–Crippen MR) is 137 cm³/mol. The molecule has 2 saturated heterocycles. The molecule has 10 heteroatoms. The van der Waals surface area contributed by atoms with Crippen LogP contribution in [0.4, 0.5) is 5.69 Å². The van der Waals surface area contributed by atoms with Gasteiger partial charge in [0.25, 0.3) is 0 Å². The Labute approximate surface area is 227 Å². The van der Waals surface area contributed by atoms with Gasteiger partial charge in [-0.3, -0.25) is 19.2 Å². The Morgan fingerprint density at radius 3 is 1.80 bits per heavy atom. The number of hydrogen-bond donors (Lipinski definition) is 0. The molecule has 0 saturated carbocycles. The number of Topliss-reactive ketones (excluding diaryl/α,β-unsaturated/α-hetero) is 2. The van der Waals surface area contributed by atoms with E-state index in [0.29, 0.717) is 5.56 Å². The fourth-order valence-electron chi connectivity index (χ4n) is 5.93. The maximum Gasteiger partial charge on any atom is 0.337 e. The van der Waals surface area contributed by atoms with Crippen molar-refractivity contribution in [1.82, 2.24) is 0 Å². The summed E-state index contributed by atoms with van der Waals surface area (Å²) in [7, 11) is 2.29. The van der Waals surface area contributed by atoms with Crippen molar-refractivity contribution in [3.05, 3.63) is 101 Å². The van der Waals surface area contributed by atoms with E-state index in [9.17, 15) is 28.8 Å². The van der Waals surface area contributed by atoms with Gasteiger partial charge in [-0.1, -0.05) is 54.6 Å². The number of methoxy groups -OCH3 is 2. The number of rotatable bonds is 4. The van der Waals surface area contributed by atoms with E-state index in [1.807, 2.05) is 0 Å². The van der Waals surface area contributed by atoms with Gasteiger partial charge in [0.1, 0.15) is 0 Å². The van der Waals surface area contributed by atoms with Gasteiger partial charge in [-0.15, -0.1) is 0 Å². The summed E-state index contributed by atoms with van der Waals surface area (Å²) in [6.07, 6.45) is -1.10. The summed E-state index contributed by atoms with van der Waals surface area (Å²) in [5, 5.41) is 0. The summed E-state index contributed by atoms with van der Waals surface area (Å²) >= 11 is 0. The topological polar surface area (TPSA) is 133 Å². The van der Waals surface area contributed by atoms with Gasteiger partial charge in [0, 0.05) is 11.1 Å². The number of hydrogen-bond acceptors (Lipinski definition) is 9. The van der Waals surface area contributed by atoms with Crippen LogP contribution in [-0.4, -0.2) is 55.1 Å². The van der Waals surface area contributed by atoms with Gasteiger partial charge < -0.3 is 14.2 Å². The fraction of sp³-hybridized carbons (Fsp3) is 0.200. The molecular formula is C30H21NO9. The quantitative estimate of drug-likeness (QED) is 0.279. The van der Waals surface area contributed by atoms with Crippen LogP contribution in [0.15, 0.2) is 72.8 Å². The zero-order valence-electron chi connectivity index (χ0n) is 21.3. The Morgan fingerprint density at radius 2 is 1.27 bits per heavy atom. The average Bonchev–Trinajstić information content (AvgIpc) is 3.56. The maximum absolute atomic E-state index is 14.2. The number of ether oxygens (including phenoxy) is 3. The van der Waals surface area contributed by atoms with Crippen LogP contribution >= 0.6 is 0 Å². The standard InChI is InChI=1S/C30H21NO9/c1-38-28(36)16-12-17(29(37)39-2)14-18(13-16)31-26(34)21-22(27(31)35)30(40-23(21)15-8-4-3-5-9-15)24(32)19-10-6-7-11-20(19)25(30)33/h3-14,21-23H,1-2H3/t21-,22+,23-/m0/s1. The van der Waals surface area contributed by atoms with Crippen LogP contribution < -0.4 is 4.90 Å². The van der Waals surface area contributed by atoms with Gasteiger partial charge in [0.05, 0.1) is 49.0 Å². The van der Waals surface area contributed by atoms with Gasteiger partial charge in [-0.2, -0.15) is 0 Å². The van der Waals surface area contributed by atoms with Crippen molar-refractivity contribution >= 4 is 41.0 Å². The summed E-state index contributed by atoms with van der Waals surface area (Å²) in [5.74, 6) is -7.33. The minimum atomic E-state index is -2.25. The molecule has 200 valence electrons. The smallest absolute Gasteiger partial charge is 0.337 e. The van der Waals surface area contributed by atoms with E-state index in [1.54, 1.807) is 42.5 Å². The van der Waals surface area contributed by atoms with Crippen LogP contribution in [0.2, 0.25) is 0 Å². The third kappa shape index (κ3) is 3.32. The second kappa shape index (κ2) is 9.06. The highest BCUT2D eigenvalue weighted by atomic mass is 16.5. The van der Waals surface area contributed by atoms with Gasteiger partial charge >= 0.3 is 11.9 Å². The SMILES string of the molecule is COC(=O)c1cc(C(=O)OC)cc(N2C(=O)[C@@H]3[C@H](c4ccccc4)OC4(C(=O)c5ccccc5C4=O)[C@H]3C2=O)c1. The highest BCUT2D eigenvalue weighted by molar-refractivity contribution is 6.37. The Hall–Kier alpha value is -4.96. The molecule has 10 nitrogen and oxygen atoms in total. The average molecular weight is 539 g/mol. The first-order valence-corrected chi connectivity index (χ1v) is 12.4. The zero-order valence-corrected chi connectivity index (χ0v) is 21.3. The lowest BCUT2D eigenvalue weighted by Crippen LogP contribution is -2.51. The normalized spacial score (nSPS) is 22.4. The molecule has 3 aromatic carbocycles. The summed E-state index contributed by atoms with van der Waals surface area (Å²) in [5.41, 5.74) is -1.84. The minimum Gasteiger partial charge on any atom is -0.465 e. The Bertz CT molecular complexity index is 1570. The van der Waals surface area contributed by atoms with Crippen molar-refractivity contribution in [1.29, 1.82) is 0 Å². The summed E-state index contributed by atoms with van der Waals surface area (Å²) in [6.45, 7) is 0. The van der Waals surface area contributed by atoms with E-state index in [-0.39, 0.29) is 27.9 Å². The molecule has 3 aromatic rings. The monoisotopic (exact) mass is 539 g/mol. The molecular weight excluding hydrogens is 518 g/mol. The fourth-order valence-corrected chi connectivity index (χ4v) is 5.93. The number of carbonyl (C=O) groups excluding carboxylic acids is 6. The minimum absolute atomic E-state index is 0.106. The van der Waals surface area contributed by atoms with Crippen molar-refractivity contribution < 1.29 is 43.0 Å². The molecule has 1 spiro atoms. The number of imide groups is 1. The molecule has 40 heavy (non-hydrogen) atoms. The number of benzene rings is 3. The molecule has 3 atom stereocenters. The number of esters is 2. The number of carbonyl (C=O) groups is 6. The van der Waals surface area contributed by atoms with E-state index in [1.165, 1.54) is 30.3 Å². The van der Waals surface area contributed by atoms with E-state index >= 15 is 0 Å². The number of nitrogens with zero attached hydrogens (tertiary/aromatic N) is 1. The van der Waals surface area contributed by atoms with Crippen LogP contribution in [0.3, 0.4) is 0 Å². The van der Waals surface area contributed by atoms with Crippen molar-refractivity contribution in [2.75, 3.05) is 19.1 Å². The molecule has 3 aliphatic rings. The Balaban J connectivity index is 1.54. The predicted octanol–water partition coefficient (Wildman–Crippen LogP) is 2.95. The van der Waals surface area contributed by atoms with Crippen molar-refractivity contribution in [2.45, 2.75) is 11.7 Å². The van der Waals surface area contributed by atoms with Crippen LogP contribution in [0.1, 0.15) is 53.1 Å². The number of fused-ring (bicyclic) bond motifs is 3. The lowest BCUT2D eigenvalue weighted by molar-refractivity contribution is -0.127. The van der Waals surface area contributed by atoms with Crippen LogP contribution in [-0.2, 0) is 23.8 Å². The molecule has 0 bridgehead atoms. The van der Waals surface area contributed by atoms with Crippen LogP contribution in [0.25, 0.3) is 0 Å².